The summed E-state index contributed by atoms with van der Waals surface area (Å²) >= 11 is 0. The Morgan fingerprint density at radius 1 is 1.50 bits per heavy atom. The smallest absolute Gasteiger partial charge is 0.412 e. The number of rotatable bonds is 5. The van der Waals surface area contributed by atoms with Crippen LogP contribution in [-0.4, -0.2) is 37.3 Å². The molecule has 0 rings (SSSR count). The summed E-state index contributed by atoms with van der Waals surface area (Å²) in [7, 11) is 1.52. The summed E-state index contributed by atoms with van der Waals surface area (Å²) in [5.74, 6) is 0. The van der Waals surface area contributed by atoms with Crippen molar-refractivity contribution in [1.82, 2.24) is 4.90 Å². The fourth-order valence-electron chi connectivity index (χ4n) is 1.26. The molecular formula is C11H19NO4. The van der Waals surface area contributed by atoms with Crippen LogP contribution in [0.5, 0.6) is 0 Å². The minimum atomic E-state index is -0.665. The first kappa shape index (κ1) is 14.5. The first-order valence-corrected chi connectivity index (χ1v) is 4.94. The summed E-state index contributed by atoms with van der Waals surface area (Å²) < 4.78 is 9.74. The summed E-state index contributed by atoms with van der Waals surface area (Å²) in [6, 6.07) is 0. The molecule has 92 valence electrons. The van der Waals surface area contributed by atoms with Crippen molar-refractivity contribution < 1.29 is 19.1 Å². The predicted octanol–water partition coefficient (Wildman–Crippen LogP) is 1.79. The Morgan fingerprint density at radius 2 is 2.06 bits per heavy atom. The first-order valence-electron chi connectivity index (χ1n) is 4.94. The predicted molar refractivity (Wildman–Crippen MR) is 59.7 cm³/mol. The van der Waals surface area contributed by atoms with Crippen LogP contribution in [-0.2, 0) is 14.3 Å². The van der Waals surface area contributed by atoms with Crippen LogP contribution in [0.4, 0.5) is 4.79 Å². The second kappa shape index (κ2) is 6.15. The highest BCUT2D eigenvalue weighted by Gasteiger charge is 2.33. The van der Waals surface area contributed by atoms with Gasteiger partial charge >= 0.3 is 6.09 Å². The van der Waals surface area contributed by atoms with Crippen molar-refractivity contribution in [2.24, 2.45) is 5.41 Å². The maximum atomic E-state index is 11.5. The molecule has 0 N–H and O–H groups in total. The van der Waals surface area contributed by atoms with Gasteiger partial charge in [-0.25, -0.2) is 4.79 Å². The molecule has 0 bridgehead atoms. The third kappa shape index (κ3) is 4.33. The molecule has 0 spiro atoms. The molecule has 0 fully saturated rings. The zero-order chi connectivity index (χ0) is 12.8. The van der Waals surface area contributed by atoms with Gasteiger partial charge in [-0.05, 0) is 0 Å². The van der Waals surface area contributed by atoms with E-state index in [1.165, 1.54) is 18.0 Å². The van der Waals surface area contributed by atoms with Gasteiger partial charge in [0.25, 0.3) is 6.47 Å². The Morgan fingerprint density at radius 3 is 2.44 bits per heavy atom. The minimum Gasteiger partial charge on any atom is -0.445 e. The molecule has 0 saturated carbocycles. The van der Waals surface area contributed by atoms with E-state index in [1.54, 1.807) is 0 Å². The number of amides is 1. The van der Waals surface area contributed by atoms with Crippen LogP contribution >= 0.6 is 0 Å². The van der Waals surface area contributed by atoms with E-state index in [0.717, 1.165) is 0 Å². The molecule has 0 aromatic rings. The summed E-state index contributed by atoms with van der Waals surface area (Å²) in [5.41, 5.74) is -0.386. The number of hydrogen-bond acceptors (Lipinski definition) is 4. The van der Waals surface area contributed by atoms with Gasteiger partial charge in [-0.2, -0.15) is 0 Å². The molecule has 16 heavy (non-hydrogen) atoms. The van der Waals surface area contributed by atoms with Crippen LogP contribution in [0.3, 0.4) is 0 Å². The third-order valence-electron chi connectivity index (χ3n) is 1.89. The van der Waals surface area contributed by atoms with E-state index in [4.69, 9.17) is 9.47 Å². The summed E-state index contributed by atoms with van der Waals surface area (Å²) in [6.07, 6.45) is 0.252. The Labute approximate surface area is 96.0 Å². The lowest BCUT2D eigenvalue weighted by molar-refractivity contribution is -0.151. The Bertz CT molecular complexity index is 257. The number of nitrogens with zero attached hydrogens (tertiary/aromatic N) is 1. The molecule has 0 aliphatic heterocycles. The molecule has 0 unspecified atom stereocenters. The van der Waals surface area contributed by atoms with Crippen molar-refractivity contribution in [2.75, 3.05) is 13.7 Å². The van der Waals surface area contributed by atoms with Crippen molar-refractivity contribution in [2.45, 2.75) is 27.0 Å². The molecule has 0 heterocycles. The van der Waals surface area contributed by atoms with Crippen molar-refractivity contribution in [3.63, 3.8) is 0 Å². The van der Waals surface area contributed by atoms with Gasteiger partial charge in [0.05, 0.1) is 0 Å². The normalized spacial score (nSPS) is 12.5. The standard InChI is InChI=1S/C11H19NO4/c1-6-7-15-10(14)12(5)9(16-8-13)11(2,3)4/h6,8-9H,1,7H2,2-5H3/t9-/m1/s1. The maximum absolute atomic E-state index is 11.5. The summed E-state index contributed by atoms with van der Waals surface area (Å²) in [4.78, 5) is 23.2. The number of ether oxygens (including phenoxy) is 2. The van der Waals surface area contributed by atoms with Gasteiger partial charge in [0.15, 0.2) is 6.23 Å². The van der Waals surface area contributed by atoms with Gasteiger partial charge in [-0.3, -0.25) is 9.69 Å². The van der Waals surface area contributed by atoms with Crippen molar-refractivity contribution in [3.05, 3.63) is 12.7 Å². The van der Waals surface area contributed by atoms with Gasteiger partial charge in [0.2, 0.25) is 0 Å². The molecule has 0 aromatic carbocycles. The molecule has 0 aliphatic rings. The second-order valence-corrected chi connectivity index (χ2v) is 4.43. The lowest BCUT2D eigenvalue weighted by atomic mass is 9.93. The van der Waals surface area contributed by atoms with Crippen molar-refractivity contribution >= 4 is 12.6 Å². The van der Waals surface area contributed by atoms with Gasteiger partial charge < -0.3 is 9.47 Å². The fraction of sp³-hybridized carbons (Fsp3) is 0.636. The Balaban J connectivity index is 4.60. The number of carbonyl (C=O) groups is 2. The molecular weight excluding hydrogens is 210 g/mol. The summed E-state index contributed by atoms with van der Waals surface area (Å²) in [6.45, 7) is 9.47. The molecule has 0 radical (unpaired) electrons. The molecule has 5 heteroatoms. The van der Waals surface area contributed by atoms with Crippen LogP contribution in [0.25, 0.3) is 0 Å². The number of hydrogen-bond donors (Lipinski definition) is 0. The van der Waals surface area contributed by atoms with Gasteiger partial charge in [0, 0.05) is 12.5 Å². The minimum absolute atomic E-state index is 0.126. The van der Waals surface area contributed by atoms with E-state index in [0.29, 0.717) is 6.47 Å². The Kier molecular flexibility index (Phi) is 5.56. The molecule has 1 amide bonds. The highest BCUT2D eigenvalue weighted by Crippen LogP contribution is 2.24. The molecule has 0 aromatic heterocycles. The highest BCUT2D eigenvalue weighted by molar-refractivity contribution is 5.67. The topological polar surface area (TPSA) is 55.8 Å². The van der Waals surface area contributed by atoms with Gasteiger partial charge in [-0.1, -0.05) is 33.4 Å². The molecule has 0 aliphatic carbocycles. The quantitative estimate of drug-likeness (QED) is 0.409. The second-order valence-electron chi connectivity index (χ2n) is 4.43. The van der Waals surface area contributed by atoms with E-state index in [1.807, 2.05) is 20.8 Å². The zero-order valence-electron chi connectivity index (χ0n) is 10.2. The average molecular weight is 229 g/mol. The average Bonchev–Trinajstić information content (AvgIpc) is 2.19. The van der Waals surface area contributed by atoms with Crippen molar-refractivity contribution in [1.29, 1.82) is 0 Å². The monoisotopic (exact) mass is 229 g/mol. The van der Waals surface area contributed by atoms with E-state index in [9.17, 15) is 9.59 Å². The highest BCUT2D eigenvalue weighted by atomic mass is 16.6. The first-order chi connectivity index (χ1) is 7.34. The lowest BCUT2D eigenvalue weighted by Gasteiger charge is -2.35. The number of carbonyl (C=O) groups excluding carboxylic acids is 2. The maximum Gasteiger partial charge on any atom is 0.412 e. The third-order valence-corrected chi connectivity index (χ3v) is 1.89. The van der Waals surface area contributed by atoms with E-state index in [2.05, 4.69) is 6.58 Å². The van der Waals surface area contributed by atoms with Crippen LogP contribution in [0.1, 0.15) is 20.8 Å². The van der Waals surface area contributed by atoms with Crippen molar-refractivity contribution in [3.8, 4) is 0 Å². The Hall–Kier alpha value is -1.52. The van der Waals surface area contributed by atoms with Gasteiger partial charge in [-0.15, -0.1) is 0 Å². The SMILES string of the molecule is C=CCOC(=O)N(C)[C@H](OC=O)C(C)(C)C. The van der Waals surface area contributed by atoms with E-state index in [-0.39, 0.29) is 12.0 Å². The van der Waals surface area contributed by atoms with Crippen LogP contribution in [0.2, 0.25) is 0 Å². The van der Waals surface area contributed by atoms with Crippen LogP contribution in [0, 0.1) is 5.41 Å². The van der Waals surface area contributed by atoms with E-state index >= 15 is 0 Å². The molecule has 0 saturated heterocycles. The van der Waals surface area contributed by atoms with Crippen LogP contribution in [0.15, 0.2) is 12.7 Å². The molecule has 5 nitrogen and oxygen atoms in total. The fourth-order valence-corrected chi connectivity index (χ4v) is 1.26. The van der Waals surface area contributed by atoms with Crippen LogP contribution < -0.4 is 0 Å². The molecule has 1 atom stereocenters. The van der Waals surface area contributed by atoms with E-state index < -0.39 is 12.3 Å². The zero-order valence-corrected chi connectivity index (χ0v) is 10.2. The summed E-state index contributed by atoms with van der Waals surface area (Å²) in [5, 5.41) is 0. The lowest BCUT2D eigenvalue weighted by Crippen LogP contribution is -2.46. The van der Waals surface area contributed by atoms with Gasteiger partial charge in [0.1, 0.15) is 6.61 Å². The largest absolute Gasteiger partial charge is 0.445 e.